The molecule has 0 fully saturated rings. The molecule has 0 saturated carbocycles. The molecule has 16 heavy (non-hydrogen) atoms. The first-order valence-electron chi connectivity index (χ1n) is 5.31. The normalized spacial score (nSPS) is 10.3. The van der Waals surface area contributed by atoms with E-state index in [1.54, 1.807) is 19.4 Å². The number of rotatable bonds is 9. The van der Waals surface area contributed by atoms with Gasteiger partial charge in [0.1, 0.15) is 0 Å². The van der Waals surface area contributed by atoms with Gasteiger partial charge < -0.3 is 19.4 Å². The number of ether oxygens (including phenoxy) is 2. The van der Waals surface area contributed by atoms with Gasteiger partial charge in [0.15, 0.2) is 0 Å². The van der Waals surface area contributed by atoms with E-state index in [2.05, 4.69) is 16.9 Å². The van der Waals surface area contributed by atoms with Gasteiger partial charge in [0.2, 0.25) is 5.95 Å². The first-order chi connectivity index (χ1) is 7.88. The average Bonchev–Trinajstić information content (AvgIpc) is 2.74. The molecular formula is C11H19N3O2. The fourth-order valence-corrected chi connectivity index (χ4v) is 1.23. The fourth-order valence-electron chi connectivity index (χ4n) is 1.23. The van der Waals surface area contributed by atoms with Gasteiger partial charge in [-0.3, -0.25) is 0 Å². The summed E-state index contributed by atoms with van der Waals surface area (Å²) in [6, 6.07) is 0. The Morgan fingerprint density at radius 2 is 2.38 bits per heavy atom. The Kier molecular flexibility index (Phi) is 6.29. The van der Waals surface area contributed by atoms with Crippen molar-refractivity contribution < 1.29 is 9.47 Å². The summed E-state index contributed by atoms with van der Waals surface area (Å²) in [5, 5.41) is 3.15. The molecule has 0 spiro atoms. The number of hydrogen-bond donors (Lipinski definition) is 1. The molecule has 1 N–H and O–H groups in total. The van der Waals surface area contributed by atoms with Crippen LogP contribution in [0, 0.1) is 0 Å². The molecule has 5 heteroatoms. The SMILES string of the molecule is C=CCNc1nccn1CCOCCOC. The van der Waals surface area contributed by atoms with Crippen LogP contribution in [0.4, 0.5) is 5.95 Å². The Morgan fingerprint density at radius 1 is 1.50 bits per heavy atom. The molecule has 0 atom stereocenters. The largest absolute Gasteiger partial charge is 0.382 e. The molecule has 0 radical (unpaired) electrons. The second-order valence-corrected chi connectivity index (χ2v) is 3.22. The molecule has 90 valence electrons. The number of imidazole rings is 1. The van der Waals surface area contributed by atoms with E-state index in [0.717, 1.165) is 12.5 Å². The Hall–Kier alpha value is -1.33. The number of anilines is 1. The predicted octanol–water partition coefficient (Wildman–Crippen LogP) is 1.14. The van der Waals surface area contributed by atoms with E-state index in [1.807, 2.05) is 10.8 Å². The molecule has 0 aliphatic carbocycles. The molecule has 1 rings (SSSR count). The van der Waals surface area contributed by atoms with Gasteiger partial charge in [-0.25, -0.2) is 4.98 Å². The minimum Gasteiger partial charge on any atom is -0.382 e. The van der Waals surface area contributed by atoms with Crippen LogP contribution in [0.5, 0.6) is 0 Å². The smallest absolute Gasteiger partial charge is 0.203 e. The van der Waals surface area contributed by atoms with Crippen molar-refractivity contribution in [2.24, 2.45) is 0 Å². The van der Waals surface area contributed by atoms with Crippen LogP contribution in [0.3, 0.4) is 0 Å². The van der Waals surface area contributed by atoms with Crippen LogP contribution < -0.4 is 5.32 Å². The molecule has 0 bridgehead atoms. The second-order valence-electron chi connectivity index (χ2n) is 3.22. The van der Waals surface area contributed by atoms with E-state index >= 15 is 0 Å². The zero-order valence-electron chi connectivity index (χ0n) is 9.69. The van der Waals surface area contributed by atoms with Crippen LogP contribution in [0.1, 0.15) is 0 Å². The summed E-state index contributed by atoms with van der Waals surface area (Å²) in [6.45, 7) is 7.05. The van der Waals surface area contributed by atoms with Crippen molar-refractivity contribution in [1.29, 1.82) is 0 Å². The third-order valence-corrected chi connectivity index (χ3v) is 2.03. The lowest BCUT2D eigenvalue weighted by Crippen LogP contribution is -2.12. The van der Waals surface area contributed by atoms with Crippen molar-refractivity contribution in [2.45, 2.75) is 6.54 Å². The summed E-state index contributed by atoms with van der Waals surface area (Å²) in [5.74, 6) is 0.843. The zero-order chi connectivity index (χ0) is 11.6. The van der Waals surface area contributed by atoms with Crippen LogP contribution in [0.25, 0.3) is 0 Å². The summed E-state index contributed by atoms with van der Waals surface area (Å²) in [5.41, 5.74) is 0. The Balaban J connectivity index is 2.24. The highest BCUT2D eigenvalue weighted by Gasteiger charge is 2.00. The predicted molar refractivity (Wildman–Crippen MR) is 63.6 cm³/mol. The summed E-state index contributed by atoms with van der Waals surface area (Å²) >= 11 is 0. The lowest BCUT2D eigenvalue weighted by atomic mass is 10.6. The van der Waals surface area contributed by atoms with Crippen molar-refractivity contribution >= 4 is 5.95 Å². The van der Waals surface area contributed by atoms with Gasteiger partial charge in [0.05, 0.1) is 19.8 Å². The van der Waals surface area contributed by atoms with Crippen molar-refractivity contribution in [3.05, 3.63) is 25.0 Å². The zero-order valence-corrected chi connectivity index (χ0v) is 9.69. The molecule has 1 aromatic heterocycles. The van der Waals surface area contributed by atoms with E-state index in [9.17, 15) is 0 Å². The minimum atomic E-state index is 0.626. The van der Waals surface area contributed by atoms with Gasteiger partial charge in [-0.2, -0.15) is 0 Å². The molecule has 1 aromatic rings. The maximum atomic E-state index is 5.39. The third kappa shape index (κ3) is 4.46. The van der Waals surface area contributed by atoms with Gasteiger partial charge in [-0.1, -0.05) is 6.08 Å². The van der Waals surface area contributed by atoms with Gasteiger partial charge in [0.25, 0.3) is 0 Å². The van der Waals surface area contributed by atoms with Crippen LogP contribution in [-0.4, -0.2) is 43.0 Å². The second kappa shape index (κ2) is 7.90. The van der Waals surface area contributed by atoms with Gasteiger partial charge in [0, 0.05) is 32.6 Å². The number of hydrogen-bond acceptors (Lipinski definition) is 4. The van der Waals surface area contributed by atoms with Crippen molar-refractivity contribution in [3.63, 3.8) is 0 Å². The molecular weight excluding hydrogens is 206 g/mol. The van der Waals surface area contributed by atoms with Crippen LogP contribution in [0.2, 0.25) is 0 Å². The Morgan fingerprint density at radius 3 is 3.12 bits per heavy atom. The molecule has 0 aromatic carbocycles. The first kappa shape index (κ1) is 12.7. The maximum Gasteiger partial charge on any atom is 0.203 e. The van der Waals surface area contributed by atoms with Gasteiger partial charge in [-0.05, 0) is 0 Å². The Labute approximate surface area is 96.1 Å². The summed E-state index contributed by atoms with van der Waals surface area (Å²) in [4.78, 5) is 4.19. The molecule has 1 heterocycles. The molecule has 0 saturated heterocycles. The number of nitrogens with zero attached hydrogens (tertiary/aromatic N) is 2. The van der Waals surface area contributed by atoms with Crippen molar-refractivity contribution in [1.82, 2.24) is 9.55 Å². The van der Waals surface area contributed by atoms with E-state index in [0.29, 0.717) is 26.4 Å². The quantitative estimate of drug-likeness (QED) is 0.506. The number of methoxy groups -OCH3 is 1. The number of nitrogens with one attached hydrogen (secondary N) is 1. The molecule has 0 aliphatic heterocycles. The molecule has 0 amide bonds. The standard InChI is InChI=1S/C11H19N3O2/c1-3-4-12-11-13-5-6-14(11)7-8-16-10-9-15-2/h3,5-6H,1,4,7-10H2,2H3,(H,12,13). The third-order valence-electron chi connectivity index (χ3n) is 2.03. The van der Waals surface area contributed by atoms with E-state index in [1.165, 1.54) is 0 Å². The minimum absolute atomic E-state index is 0.626. The van der Waals surface area contributed by atoms with Crippen molar-refractivity contribution in [2.75, 3.05) is 38.8 Å². The van der Waals surface area contributed by atoms with Crippen LogP contribution in [0.15, 0.2) is 25.0 Å². The monoisotopic (exact) mass is 225 g/mol. The lowest BCUT2D eigenvalue weighted by Gasteiger charge is -2.08. The number of aromatic nitrogens is 2. The highest BCUT2D eigenvalue weighted by atomic mass is 16.5. The van der Waals surface area contributed by atoms with E-state index in [-0.39, 0.29) is 0 Å². The maximum absolute atomic E-state index is 5.39. The van der Waals surface area contributed by atoms with Crippen molar-refractivity contribution in [3.8, 4) is 0 Å². The molecule has 5 nitrogen and oxygen atoms in total. The first-order valence-corrected chi connectivity index (χ1v) is 5.31. The van der Waals surface area contributed by atoms with Crippen LogP contribution in [-0.2, 0) is 16.0 Å². The highest BCUT2D eigenvalue weighted by molar-refractivity contribution is 5.26. The van der Waals surface area contributed by atoms with Gasteiger partial charge >= 0.3 is 0 Å². The van der Waals surface area contributed by atoms with E-state index in [4.69, 9.17) is 9.47 Å². The lowest BCUT2D eigenvalue weighted by molar-refractivity contribution is 0.0668. The van der Waals surface area contributed by atoms with Gasteiger partial charge in [-0.15, -0.1) is 6.58 Å². The topological polar surface area (TPSA) is 48.3 Å². The molecule has 0 aliphatic rings. The summed E-state index contributed by atoms with van der Waals surface area (Å²) < 4.78 is 12.3. The van der Waals surface area contributed by atoms with Crippen LogP contribution >= 0.6 is 0 Å². The summed E-state index contributed by atoms with van der Waals surface area (Å²) in [6.07, 6.45) is 5.49. The average molecular weight is 225 g/mol. The Bertz CT molecular complexity index is 299. The van der Waals surface area contributed by atoms with E-state index < -0.39 is 0 Å². The summed E-state index contributed by atoms with van der Waals surface area (Å²) in [7, 11) is 1.66. The molecule has 0 unspecified atom stereocenters. The highest BCUT2D eigenvalue weighted by Crippen LogP contribution is 2.03. The fraction of sp³-hybridized carbons (Fsp3) is 0.545.